The second kappa shape index (κ2) is 4.49. The van der Waals surface area contributed by atoms with Crippen molar-refractivity contribution in [2.24, 2.45) is 0 Å². The highest BCUT2D eigenvalue weighted by molar-refractivity contribution is 6.32. The average molecular weight is 235 g/mol. The van der Waals surface area contributed by atoms with Crippen LogP contribution in [0.5, 0.6) is 0 Å². The van der Waals surface area contributed by atoms with Gasteiger partial charge in [-0.05, 0) is 30.2 Å². The van der Waals surface area contributed by atoms with Gasteiger partial charge in [-0.2, -0.15) is 5.10 Å². The monoisotopic (exact) mass is 234 g/mol. The average Bonchev–Trinajstić information content (AvgIpc) is 2.77. The van der Waals surface area contributed by atoms with E-state index in [1.165, 1.54) is 0 Å². The van der Waals surface area contributed by atoms with Crippen LogP contribution in [0.4, 0.5) is 0 Å². The van der Waals surface area contributed by atoms with E-state index in [1.54, 1.807) is 22.9 Å². The van der Waals surface area contributed by atoms with Gasteiger partial charge in [0.15, 0.2) is 0 Å². The minimum absolute atomic E-state index is 0.523. The second-order valence-corrected chi connectivity index (χ2v) is 3.88. The molecule has 0 radical (unpaired) electrons. The van der Waals surface area contributed by atoms with Gasteiger partial charge in [0.05, 0.1) is 16.9 Å². The molecule has 0 saturated heterocycles. The van der Waals surface area contributed by atoms with Crippen molar-refractivity contribution in [3.63, 3.8) is 0 Å². The lowest BCUT2D eigenvalue weighted by molar-refractivity contribution is 0.112. The van der Waals surface area contributed by atoms with Crippen LogP contribution in [0.15, 0.2) is 30.6 Å². The van der Waals surface area contributed by atoms with Crippen LogP contribution in [0.25, 0.3) is 5.69 Å². The molecule has 0 aliphatic carbocycles. The summed E-state index contributed by atoms with van der Waals surface area (Å²) in [6.45, 7) is 2.07. The molecule has 1 aromatic carbocycles. The molecule has 0 atom stereocenters. The summed E-state index contributed by atoms with van der Waals surface area (Å²) >= 11 is 6.08. The number of rotatable bonds is 3. The lowest BCUT2D eigenvalue weighted by Crippen LogP contribution is -1.96. The van der Waals surface area contributed by atoms with Gasteiger partial charge in [-0.25, -0.2) is 4.68 Å². The van der Waals surface area contributed by atoms with Crippen molar-refractivity contribution in [1.29, 1.82) is 0 Å². The third-order valence-corrected chi connectivity index (χ3v) is 2.70. The topological polar surface area (TPSA) is 34.9 Å². The van der Waals surface area contributed by atoms with E-state index in [0.717, 1.165) is 24.0 Å². The van der Waals surface area contributed by atoms with Gasteiger partial charge < -0.3 is 0 Å². The number of hydrogen-bond donors (Lipinski definition) is 0. The third kappa shape index (κ3) is 1.99. The maximum absolute atomic E-state index is 10.6. The maximum Gasteiger partial charge on any atom is 0.150 e. The molecular formula is C12H11ClN2O. The van der Waals surface area contributed by atoms with Crippen molar-refractivity contribution in [1.82, 2.24) is 9.78 Å². The van der Waals surface area contributed by atoms with E-state index < -0.39 is 0 Å². The molecule has 1 aromatic heterocycles. The molecule has 0 fully saturated rings. The fraction of sp³-hybridized carbons (Fsp3) is 0.167. The van der Waals surface area contributed by atoms with E-state index >= 15 is 0 Å². The SMILES string of the molecule is CCc1cnn(-c2ccc(C=O)cc2Cl)c1. The number of aromatic nitrogens is 2. The van der Waals surface area contributed by atoms with Crippen molar-refractivity contribution in [3.05, 3.63) is 46.7 Å². The molecule has 0 N–H and O–H groups in total. The summed E-state index contributed by atoms with van der Waals surface area (Å²) in [6, 6.07) is 5.15. The quantitative estimate of drug-likeness (QED) is 0.766. The smallest absolute Gasteiger partial charge is 0.150 e. The van der Waals surface area contributed by atoms with Gasteiger partial charge in [0.2, 0.25) is 0 Å². The number of carbonyl (C=O) groups is 1. The van der Waals surface area contributed by atoms with Gasteiger partial charge in [0.25, 0.3) is 0 Å². The Bertz CT molecular complexity index is 519. The highest BCUT2D eigenvalue weighted by Gasteiger charge is 2.05. The molecule has 0 spiro atoms. The molecule has 2 rings (SSSR count). The molecule has 2 aromatic rings. The van der Waals surface area contributed by atoms with Crippen LogP contribution < -0.4 is 0 Å². The van der Waals surface area contributed by atoms with Crippen molar-refractivity contribution in [2.45, 2.75) is 13.3 Å². The highest BCUT2D eigenvalue weighted by Crippen LogP contribution is 2.21. The number of carbonyl (C=O) groups excluding carboxylic acids is 1. The normalized spacial score (nSPS) is 10.4. The Morgan fingerprint density at radius 1 is 1.50 bits per heavy atom. The number of hydrogen-bond acceptors (Lipinski definition) is 2. The van der Waals surface area contributed by atoms with Gasteiger partial charge in [-0.3, -0.25) is 4.79 Å². The third-order valence-electron chi connectivity index (χ3n) is 2.40. The lowest BCUT2D eigenvalue weighted by Gasteiger charge is -2.04. The molecule has 0 aliphatic rings. The molecular weight excluding hydrogens is 224 g/mol. The first-order chi connectivity index (χ1) is 7.74. The predicted octanol–water partition coefficient (Wildman–Crippen LogP) is 2.90. The number of aldehydes is 1. The van der Waals surface area contributed by atoms with Crippen molar-refractivity contribution in [3.8, 4) is 5.69 Å². The zero-order chi connectivity index (χ0) is 11.5. The van der Waals surface area contributed by atoms with E-state index in [2.05, 4.69) is 12.0 Å². The predicted molar refractivity (Wildman–Crippen MR) is 63.3 cm³/mol. The summed E-state index contributed by atoms with van der Waals surface area (Å²) in [5.74, 6) is 0. The zero-order valence-electron chi connectivity index (χ0n) is 8.85. The Morgan fingerprint density at radius 2 is 2.31 bits per heavy atom. The van der Waals surface area contributed by atoms with Crippen molar-refractivity contribution in [2.75, 3.05) is 0 Å². The summed E-state index contributed by atoms with van der Waals surface area (Å²) in [5.41, 5.74) is 2.50. The Kier molecular flexibility index (Phi) is 3.06. The Hall–Kier alpha value is -1.61. The van der Waals surface area contributed by atoms with Crippen LogP contribution in [0.1, 0.15) is 22.8 Å². The lowest BCUT2D eigenvalue weighted by atomic mass is 10.2. The summed E-state index contributed by atoms with van der Waals surface area (Å²) in [7, 11) is 0. The van der Waals surface area contributed by atoms with E-state index in [1.807, 2.05) is 12.4 Å². The number of benzene rings is 1. The molecule has 4 heteroatoms. The van der Waals surface area contributed by atoms with Crippen LogP contribution in [-0.2, 0) is 6.42 Å². The van der Waals surface area contributed by atoms with Crippen LogP contribution in [0.3, 0.4) is 0 Å². The van der Waals surface area contributed by atoms with Gasteiger partial charge >= 0.3 is 0 Å². The zero-order valence-corrected chi connectivity index (χ0v) is 9.61. The summed E-state index contributed by atoms with van der Waals surface area (Å²) in [6.07, 6.45) is 5.45. The summed E-state index contributed by atoms with van der Waals surface area (Å²) < 4.78 is 1.72. The molecule has 3 nitrogen and oxygen atoms in total. The fourth-order valence-corrected chi connectivity index (χ4v) is 1.73. The van der Waals surface area contributed by atoms with E-state index in [0.29, 0.717) is 10.6 Å². The molecule has 1 heterocycles. The second-order valence-electron chi connectivity index (χ2n) is 3.48. The van der Waals surface area contributed by atoms with Gasteiger partial charge in [-0.1, -0.05) is 18.5 Å². The Balaban J connectivity index is 2.43. The molecule has 16 heavy (non-hydrogen) atoms. The fourth-order valence-electron chi connectivity index (χ4n) is 1.46. The first-order valence-corrected chi connectivity index (χ1v) is 5.41. The molecule has 0 amide bonds. The molecule has 0 bridgehead atoms. The van der Waals surface area contributed by atoms with Crippen LogP contribution >= 0.6 is 11.6 Å². The van der Waals surface area contributed by atoms with E-state index in [4.69, 9.17) is 11.6 Å². The molecule has 0 aliphatic heterocycles. The molecule has 0 saturated carbocycles. The van der Waals surface area contributed by atoms with Gasteiger partial charge in [-0.15, -0.1) is 0 Å². The van der Waals surface area contributed by atoms with Gasteiger partial charge in [0, 0.05) is 11.8 Å². The minimum Gasteiger partial charge on any atom is -0.298 e. The summed E-state index contributed by atoms with van der Waals surface area (Å²) in [4.78, 5) is 10.6. The first-order valence-electron chi connectivity index (χ1n) is 5.03. The standard InChI is InChI=1S/C12H11ClN2O/c1-2-9-6-14-15(7-9)12-4-3-10(8-16)5-11(12)13/h3-8H,2H2,1H3. The van der Waals surface area contributed by atoms with Crippen molar-refractivity contribution < 1.29 is 4.79 Å². The number of halogens is 1. The van der Waals surface area contributed by atoms with Crippen molar-refractivity contribution >= 4 is 17.9 Å². The Morgan fingerprint density at radius 3 is 2.88 bits per heavy atom. The van der Waals surface area contributed by atoms with E-state index in [9.17, 15) is 4.79 Å². The maximum atomic E-state index is 10.6. The number of nitrogens with zero attached hydrogens (tertiary/aromatic N) is 2. The highest BCUT2D eigenvalue weighted by atomic mass is 35.5. The molecule has 0 unspecified atom stereocenters. The largest absolute Gasteiger partial charge is 0.298 e. The number of aryl methyl sites for hydroxylation is 1. The van der Waals surface area contributed by atoms with Crippen LogP contribution in [0.2, 0.25) is 5.02 Å². The molecule has 82 valence electrons. The minimum atomic E-state index is 0.523. The van der Waals surface area contributed by atoms with Gasteiger partial charge in [0.1, 0.15) is 6.29 Å². The Labute approximate surface area is 98.7 Å². The first kappa shape index (κ1) is 10.9. The summed E-state index contributed by atoms with van der Waals surface area (Å²) in [5, 5.41) is 4.74. The van der Waals surface area contributed by atoms with Crippen LogP contribution in [0, 0.1) is 0 Å². The van der Waals surface area contributed by atoms with E-state index in [-0.39, 0.29) is 0 Å². The van der Waals surface area contributed by atoms with Crippen LogP contribution in [-0.4, -0.2) is 16.1 Å².